The van der Waals surface area contributed by atoms with E-state index in [4.69, 9.17) is 0 Å². The highest BCUT2D eigenvalue weighted by Crippen LogP contribution is 2.25. The van der Waals surface area contributed by atoms with Crippen molar-refractivity contribution in [2.75, 3.05) is 0 Å². The van der Waals surface area contributed by atoms with Crippen LogP contribution in [0.5, 0.6) is 0 Å². The highest BCUT2D eigenvalue weighted by Gasteiger charge is 2.35. The maximum absolute atomic E-state index is 12.5. The summed E-state index contributed by atoms with van der Waals surface area (Å²) >= 11 is 0. The van der Waals surface area contributed by atoms with Gasteiger partial charge in [0.1, 0.15) is 0 Å². The van der Waals surface area contributed by atoms with Crippen molar-refractivity contribution in [1.29, 1.82) is 0 Å². The quantitative estimate of drug-likeness (QED) is 0.733. The van der Waals surface area contributed by atoms with Gasteiger partial charge in [0.2, 0.25) is 0 Å². The number of hydrogen-bond donors (Lipinski definition) is 1. The number of aryl methyl sites for hydroxylation is 1. The molecule has 1 N–H and O–H groups in total. The number of benzene rings is 2. The summed E-state index contributed by atoms with van der Waals surface area (Å²) in [6.07, 6.45) is 0. The summed E-state index contributed by atoms with van der Waals surface area (Å²) in [7, 11) is 0. The van der Waals surface area contributed by atoms with Crippen molar-refractivity contribution in [1.82, 2.24) is 15.1 Å². The van der Waals surface area contributed by atoms with E-state index in [-0.39, 0.29) is 23.9 Å². The number of aromatic nitrogens is 2. The van der Waals surface area contributed by atoms with Crippen LogP contribution in [0.15, 0.2) is 47.3 Å². The number of nitrogens with one attached hydrogen (secondary N) is 1. The highest BCUT2D eigenvalue weighted by atomic mass is 16.2. The molecule has 24 heavy (non-hydrogen) atoms. The largest absolute Gasteiger partial charge is 0.272 e. The molecule has 0 spiro atoms. The highest BCUT2D eigenvalue weighted by molar-refractivity contribution is 6.21. The number of fused-ring (bicyclic) bond motifs is 2. The van der Waals surface area contributed by atoms with Crippen molar-refractivity contribution in [2.24, 2.45) is 0 Å². The van der Waals surface area contributed by atoms with E-state index in [1.54, 1.807) is 30.3 Å². The zero-order valence-corrected chi connectivity index (χ0v) is 12.9. The molecule has 1 aliphatic heterocycles. The van der Waals surface area contributed by atoms with E-state index in [9.17, 15) is 14.4 Å². The molecule has 4 rings (SSSR count). The van der Waals surface area contributed by atoms with Gasteiger partial charge in [0.05, 0.1) is 28.8 Å². The lowest BCUT2D eigenvalue weighted by Gasteiger charge is -2.14. The summed E-state index contributed by atoms with van der Waals surface area (Å²) in [5, 5.41) is 7.63. The molecule has 0 saturated carbocycles. The fourth-order valence-electron chi connectivity index (χ4n) is 2.99. The van der Waals surface area contributed by atoms with Gasteiger partial charge in [-0.05, 0) is 31.2 Å². The number of hydrogen-bond acceptors (Lipinski definition) is 4. The van der Waals surface area contributed by atoms with Crippen molar-refractivity contribution in [3.8, 4) is 0 Å². The topological polar surface area (TPSA) is 83.1 Å². The minimum absolute atomic E-state index is 0.0169. The van der Waals surface area contributed by atoms with Crippen LogP contribution in [0.2, 0.25) is 0 Å². The van der Waals surface area contributed by atoms with Crippen LogP contribution in [0.4, 0.5) is 0 Å². The minimum atomic E-state index is -0.343. The van der Waals surface area contributed by atoms with Crippen molar-refractivity contribution >= 4 is 22.6 Å². The Morgan fingerprint density at radius 1 is 0.958 bits per heavy atom. The summed E-state index contributed by atoms with van der Waals surface area (Å²) in [5.41, 5.74) is 1.96. The third-order valence-electron chi connectivity index (χ3n) is 4.21. The zero-order valence-electron chi connectivity index (χ0n) is 12.9. The molecule has 0 radical (unpaired) electrons. The van der Waals surface area contributed by atoms with Gasteiger partial charge in [-0.2, -0.15) is 5.10 Å². The van der Waals surface area contributed by atoms with Crippen LogP contribution >= 0.6 is 0 Å². The number of imide groups is 1. The third-order valence-corrected chi connectivity index (χ3v) is 4.21. The molecule has 0 atom stereocenters. The summed E-state index contributed by atoms with van der Waals surface area (Å²) in [4.78, 5) is 38.1. The summed E-state index contributed by atoms with van der Waals surface area (Å²) in [6.45, 7) is 1.93. The van der Waals surface area contributed by atoms with E-state index < -0.39 is 0 Å². The number of rotatable bonds is 2. The van der Waals surface area contributed by atoms with Crippen LogP contribution in [0.3, 0.4) is 0 Å². The predicted molar refractivity (Wildman–Crippen MR) is 87.7 cm³/mol. The van der Waals surface area contributed by atoms with Crippen LogP contribution in [0.25, 0.3) is 10.8 Å². The molecule has 0 fully saturated rings. The Morgan fingerprint density at radius 2 is 1.62 bits per heavy atom. The fraction of sp³-hybridized carbons (Fsp3) is 0.111. The predicted octanol–water partition coefficient (Wildman–Crippen LogP) is 2.03. The molecule has 2 heterocycles. The molecule has 1 aliphatic rings. The van der Waals surface area contributed by atoms with Gasteiger partial charge < -0.3 is 0 Å². The SMILES string of the molecule is Cc1ccc2c(=O)[nH]nc(CN3C(=O)c4ccccc4C3=O)c2c1. The maximum atomic E-state index is 12.5. The van der Waals surface area contributed by atoms with Crippen LogP contribution in [0.1, 0.15) is 32.0 Å². The monoisotopic (exact) mass is 319 g/mol. The van der Waals surface area contributed by atoms with Gasteiger partial charge >= 0.3 is 0 Å². The van der Waals surface area contributed by atoms with Crippen LogP contribution in [0, 0.1) is 6.92 Å². The average molecular weight is 319 g/mol. The van der Waals surface area contributed by atoms with Crippen LogP contribution in [-0.2, 0) is 6.54 Å². The van der Waals surface area contributed by atoms with Crippen molar-refractivity contribution < 1.29 is 9.59 Å². The van der Waals surface area contributed by atoms with E-state index in [1.165, 1.54) is 0 Å². The lowest BCUT2D eigenvalue weighted by molar-refractivity contribution is 0.0641. The van der Waals surface area contributed by atoms with Gasteiger partial charge in [0.25, 0.3) is 17.4 Å². The Labute approximate surface area is 136 Å². The van der Waals surface area contributed by atoms with Crippen molar-refractivity contribution in [3.05, 3.63) is 75.2 Å². The Balaban J connectivity index is 1.80. The molecule has 118 valence electrons. The summed E-state index contributed by atoms with van der Waals surface area (Å²) < 4.78 is 0. The zero-order chi connectivity index (χ0) is 16.8. The Kier molecular flexibility index (Phi) is 3.06. The van der Waals surface area contributed by atoms with Crippen molar-refractivity contribution in [2.45, 2.75) is 13.5 Å². The average Bonchev–Trinajstić information content (AvgIpc) is 2.82. The van der Waals surface area contributed by atoms with Crippen molar-refractivity contribution in [3.63, 3.8) is 0 Å². The first-order chi connectivity index (χ1) is 11.6. The van der Waals surface area contributed by atoms with E-state index >= 15 is 0 Å². The molecule has 0 unspecified atom stereocenters. The molecule has 3 aromatic rings. The first-order valence-electron chi connectivity index (χ1n) is 7.49. The number of H-pyrrole nitrogens is 1. The van der Waals surface area contributed by atoms with Crippen LogP contribution < -0.4 is 5.56 Å². The van der Waals surface area contributed by atoms with E-state index in [0.717, 1.165) is 10.5 Å². The van der Waals surface area contributed by atoms with Gasteiger partial charge in [0, 0.05) is 5.39 Å². The summed E-state index contributed by atoms with van der Waals surface area (Å²) in [5.74, 6) is -0.686. The molecule has 2 aromatic carbocycles. The van der Waals surface area contributed by atoms with Gasteiger partial charge in [-0.1, -0.05) is 23.8 Å². The Bertz CT molecular complexity index is 1030. The molecule has 6 heteroatoms. The van der Waals surface area contributed by atoms with Gasteiger partial charge in [-0.25, -0.2) is 5.10 Å². The molecule has 6 nitrogen and oxygen atoms in total. The number of carbonyl (C=O) groups is 2. The van der Waals surface area contributed by atoms with Crippen LogP contribution in [-0.4, -0.2) is 26.9 Å². The second-order valence-corrected chi connectivity index (χ2v) is 5.79. The second-order valence-electron chi connectivity index (χ2n) is 5.79. The normalized spacial score (nSPS) is 13.6. The standard InChI is InChI=1S/C18H13N3O3/c1-10-6-7-11-14(8-10)15(19-20-16(11)22)9-21-17(23)12-4-2-3-5-13(12)18(21)24/h2-8H,9H2,1H3,(H,20,22). The van der Waals surface area contributed by atoms with E-state index in [1.807, 2.05) is 19.1 Å². The number of carbonyl (C=O) groups excluding carboxylic acids is 2. The molecule has 1 aromatic heterocycles. The lowest BCUT2D eigenvalue weighted by atomic mass is 10.1. The minimum Gasteiger partial charge on any atom is -0.269 e. The van der Waals surface area contributed by atoms with E-state index in [2.05, 4.69) is 10.2 Å². The van der Waals surface area contributed by atoms with Gasteiger partial charge in [-0.3, -0.25) is 19.3 Å². The first kappa shape index (κ1) is 14.3. The lowest BCUT2D eigenvalue weighted by Crippen LogP contribution is -2.30. The molecule has 0 aliphatic carbocycles. The van der Waals surface area contributed by atoms with E-state index in [0.29, 0.717) is 27.6 Å². The third kappa shape index (κ3) is 2.04. The summed E-state index contributed by atoms with van der Waals surface area (Å²) in [6, 6.07) is 12.1. The molecule has 0 saturated heterocycles. The number of aromatic amines is 1. The number of nitrogens with zero attached hydrogens (tertiary/aromatic N) is 2. The molecular formula is C18H13N3O3. The Morgan fingerprint density at radius 3 is 2.29 bits per heavy atom. The fourth-order valence-corrected chi connectivity index (χ4v) is 2.99. The van der Waals surface area contributed by atoms with Gasteiger partial charge in [-0.15, -0.1) is 0 Å². The Hall–Kier alpha value is -3.28. The first-order valence-corrected chi connectivity index (χ1v) is 7.49. The smallest absolute Gasteiger partial charge is 0.269 e. The molecule has 2 amide bonds. The number of amides is 2. The van der Waals surface area contributed by atoms with Gasteiger partial charge in [0.15, 0.2) is 0 Å². The second kappa shape index (κ2) is 5.13. The maximum Gasteiger partial charge on any atom is 0.272 e. The molecule has 0 bridgehead atoms. The molecular weight excluding hydrogens is 306 g/mol.